The van der Waals surface area contributed by atoms with Crippen molar-refractivity contribution < 1.29 is 33.8 Å². The minimum atomic E-state index is -1.26. The highest BCUT2D eigenvalue weighted by Crippen LogP contribution is 2.33. The molecular weight excluding hydrogens is 392 g/mol. The maximum absolute atomic E-state index is 13.0. The molecular formula is C20H31N4O6+. The van der Waals surface area contributed by atoms with Crippen LogP contribution in [0.4, 0.5) is 5.69 Å². The third kappa shape index (κ3) is 7.45. The smallest absolute Gasteiger partial charge is 0.351 e. The SMILES string of the molecule is CN(C)CCC1C[N+](C)(C)C(=O)c2c(cncc2N(C)C)O1.O=C(O)/C=C/C(=O)O. The largest absolute Gasteiger partial charge is 0.482 e. The summed E-state index contributed by atoms with van der Waals surface area (Å²) in [7, 11) is 11.8. The maximum atomic E-state index is 13.0. The first-order valence-electron chi connectivity index (χ1n) is 9.33. The van der Waals surface area contributed by atoms with Crippen LogP contribution in [0.3, 0.4) is 0 Å². The maximum Gasteiger partial charge on any atom is 0.351 e. The zero-order valence-electron chi connectivity index (χ0n) is 18.3. The van der Waals surface area contributed by atoms with Crippen LogP contribution in [0.2, 0.25) is 0 Å². The summed E-state index contributed by atoms with van der Waals surface area (Å²) in [5, 5.41) is 15.6. The zero-order valence-corrected chi connectivity index (χ0v) is 18.3. The van der Waals surface area contributed by atoms with E-state index in [-0.39, 0.29) is 16.5 Å². The van der Waals surface area contributed by atoms with E-state index >= 15 is 0 Å². The van der Waals surface area contributed by atoms with Crippen LogP contribution in [0.25, 0.3) is 0 Å². The number of nitrogens with zero attached hydrogens (tertiary/aromatic N) is 4. The molecule has 10 nitrogen and oxygen atoms in total. The van der Waals surface area contributed by atoms with Crippen molar-refractivity contribution in [2.75, 3.05) is 60.3 Å². The molecule has 166 valence electrons. The Labute approximate surface area is 176 Å². The van der Waals surface area contributed by atoms with E-state index in [4.69, 9.17) is 14.9 Å². The van der Waals surface area contributed by atoms with Gasteiger partial charge in [-0.25, -0.2) is 14.4 Å². The van der Waals surface area contributed by atoms with Crippen LogP contribution in [0.5, 0.6) is 5.75 Å². The molecule has 0 aromatic carbocycles. The Hall–Kier alpha value is -2.98. The van der Waals surface area contributed by atoms with E-state index in [9.17, 15) is 14.4 Å². The van der Waals surface area contributed by atoms with Gasteiger partial charge < -0.3 is 24.7 Å². The Balaban J connectivity index is 0.000000479. The predicted molar refractivity (Wildman–Crippen MR) is 112 cm³/mol. The number of carboxylic acids is 2. The lowest BCUT2D eigenvalue weighted by Gasteiger charge is -2.28. The Morgan fingerprint density at radius 3 is 2.20 bits per heavy atom. The molecule has 0 saturated carbocycles. The number of fused-ring (bicyclic) bond motifs is 1. The third-order valence-corrected chi connectivity index (χ3v) is 4.36. The van der Waals surface area contributed by atoms with Crippen LogP contribution >= 0.6 is 0 Å². The molecule has 1 unspecified atom stereocenters. The standard InChI is InChI=1S/C16H27N4O2.C4H4O4/c1-18(2)8-7-12-11-20(5,6)16(21)15-13(19(3)4)9-17-10-14(15)22-12;5-3(6)1-2-4(7)8/h9-10,12H,7-8,11H2,1-6H3;1-2H,(H,5,6)(H,7,8)/q+1;/b;2-1+. The van der Waals surface area contributed by atoms with E-state index in [1.54, 1.807) is 12.4 Å². The van der Waals surface area contributed by atoms with Gasteiger partial charge in [-0.2, -0.15) is 0 Å². The van der Waals surface area contributed by atoms with Crippen LogP contribution in [0.15, 0.2) is 24.5 Å². The van der Waals surface area contributed by atoms with Crippen molar-refractivity contribution in [1.82, 2.24) is 9.88 Å². The van der Waals surface area contributed by atoms with Crippen LogP contribution in [0, 0.1) is 0 Å². The van der Waals surface area contributed by atoms with Crippen molar-refractivity contribution in [1.29, 1.82) is 0 Å². The van der Waals surface area contributed by atoms with Crippen LogP contribution < -0.4 is 9.64 Å². The summed E-state index contributed by atoms with van der Waals surface area (Å²) in [5.74, 6) is -1.84. The molecule has 0 radical (unpaired) electrons. The number of likely N-dealkylation sites (N-methyl/N-ethyl adjacent to an activating group) is 1. The molecule has 0 bridgehead atoms. The van der Waals surface area contributed by atoms with E-state index in [0.717, 1.165) is 18.7 Å². The van der Waals surface area contributed by atoms with Crippen LogP contribution in [0.1, 0.15) is 16.8 Å². The molecule has 1 aromatic rings. The van der Waals surface area contributed by atoms with Gasteiger partial charge in [0.2, 0.25) is 0 Å². The van der Waals surface area contributed by atoms with Gasteiger partial charge >= 0.3 is 17.8 Å². The lowest BCUT2D eigenvalue weighted by Crippen LogP contribution is -2.50. The summed E-state index contributed by atoms with van der Waals surface area (Å²) in [5.41, 5.74) is 1.44. The number of hydrogen-bond acceptors (Lipinski definition) is 7. The number of rotatable bonds is 6. The highest BCUT2D eigenvalue weighted by atomic mass is 16.5. The van der Waals surface area contributed by atoms with Crippen molar-refractivity contribution in [2.24, 2.45) is 0 Å². The molecule has 1 atom stereocenters. The number of pyridine rings is 1. The van der Waals surface area contributed by atoms with Gasteiger partial charge in [0.25, 0.3) is 0 Å². The molecule has 2 heterocycles. The van der Waals surface area contributed by atoms with Gasteiger partial charge in [-0.3, -0.25) is 9.47 Å². The van der Waals surface area contributed by atoms with Gasteiger partial charge in [0, 0.05) is 39.2 Å². The lowest BCUT2D eigenvalue weighted by atomic mass is 10.1. The van der Waals surface area contributed by atoms with E-state index in [0.29, 0.717) is 30.0 Å². The number of quaternary nitrogens is 1. The molecule has 0 saturated heterocycles. The van der Waals surface area contributed by atoms with Crippen molar-refractivity contribution in [3.8, 4) is 5.75 Å². The van der Waals surface area contributed by atoms with Crippen molar-refractivity contribution in [3.63, 3.8) is 0 Å². The summed E-state index contributed by atoms with van der Waals surface area (Å²) in [6, 6.07) is 0. The Bertz CT molecular complexity index is 788. The Morgan fingerprint density at radius 1 is 1.17 bits per heavy atom. The molecule has 10 heteroatoms. The lowest BCUT2D eigenvalue weighted by molar-refractivity contribution is -0.810. The number of ether oxygens (including phenoxy) is 1. The molecule has 2 rings (SSSR count). The predicted octanol–water partition coefficient (Wildman–Crippen LogP) is 0.789. The first-order valence-corrected chi connectivity index (χ1v) is 9.33. The first kappa shape index (κ1) is 25.1. The monoisotopic (exact) mass is 423 g/mol. The summed E-state index contributed by atoms with van der Waals surface area (Å²) in [6.45, 7) is 1.59. The number of carbonyl (C=O) groups excluding carboxylic acids is 1. The second-order valence-electron chi connectivity index (χ2n) is 7.94. The molecule has 1 aromatic heterocycles. The molecule has 2 N–H and O–H groups in total. The van der Waals surface area contributed by atoms with Crippen molar-refractivity contribution >= 4 is 23.5 Å². The quantitative estimate of drug-likeness (QED) is 0.505. The van der Waals surface area contributed by atoms with Crippen LogP contribution in [-0.4, -0.2) is 104 Å². The topological polar surface area (TPSA) is 120 Å². The number of aliphatic carboxylic acids is 2. The van der Waals surface area contributed by atoms with Gasteiger partial charge in [0.1, 0.15) is 18.2 Å². The van der Waals surface area contributed by atoms with E-state index in [2.05, 4.69) is 9.88 Å². The summed E-state index contributed by atoms with van der Waals surface area (Å²) < 4.78 is 6.44. The highest BCUT2D eigenvalue weighted by Gasteiger charge is 2.40. The van der Waals surface area contributed by atoms with Crippen LogP contribution in [-0.2, 0) is 9.59 Å². The normalized spacial score (nSPS) is 17.4. The zero-order chi connectivity index (χ0) is 23.1. The second-order valence-corrected chi connectivity index (χ2v) is 7.94. The van der Waals surface area contributed by atoms with Crippen molar-refractivity contribution in [3.05, 3.63) is 30.1 Å². The Morgan fingerprint density at radius 2 is 1.73 bits per heavy atom. The number of hydrogen-bond donors (Lipinski definition) is 2. The average Bonchev–Trinajstić information content (AvgIpc) is 2.73. The highest BCUT2D eigenvalue weighted by molar-refractivity contribution is 5.98. The van der Waals surface area contributed by atoms with Crippen molar-refractivity contribution in [2.45, 2.75) is 12.5 Å². The number of carboxylic acid groups (broad SMARTS) is 2. The number of carbonyl (C=O) groups is 3. The fourth-order valence-corrected chi connectivity index (χ4v) is 2.88. The minimum absolute atomic E-state index is 0.00168. The molecule has 0 fully saturated rings. The molecule has 1 aliphatic heterocycles. The number of anilines is 1. The van der Waals surface area contributed by atoms with E-state index < -0.39 is 11.9 Å². The molecule has 1 amide bonds. The van der Waals surface area contributed by atoms with E-state index in [1.807, 2.05) is 47.2 Å². The fourth-order valence-electron chi connectivity index (χ4n) is 2.88. The van der Waals surface area contributed by atoms with Gasteiger partial charge in [-0.05, 0) is 14.1 Å². The second kappa shape index (κ2) is 10.7. The average molecular weight is 423 g/mol. The summed E-state index contributed by atoms with van der Waals surface area (Å²) in [6.07, 6.45) is 5.38. The molecule has 0 aliphatic carbocycles. The number of aromatic nitrogens is 1. The molecule has 0 spiro atoms. The molecule has 30 heavy (non-hydrogen) atoms. The first-order chi connectivity index (χ1) is 13.8. The van der Waals surface area contributed by atoms with Gasteiger partial charge in [0.15, 0.2) is 5.75 Å². The molecule has 1 aliphatic rings. The summed E-state index contributed by atoms with van der Waals surface area (Å²) >= 11 is 0. The van der Waals surface area contributed by atoms with Gasteiger partial charge in [-0.1, -0.05) is 0 Å². The van der Waals surface area contributed by atoms with Gasteiger partial charge in [0.05, 0.1) is 32.2 Å². The van der Waals surface area contributed by atoms with Gasteiger partial charge in [-0.15, -0.1) is 0 Å². The van der Waals surface area contributed by atoms with E-state index in [1.165, 1.54) is 0 Å². The summed E-state index contributed by atoms with van der Waals surface area (Å²) in [4.78, 5) is 40.4. The third-order valence-electron chi connectivity index (χ3n) is 4.36. The minimum Gasteiger partial charge on any atom is -0.482 e. The fraction of sp³-hybridized carbons (Fsp3) is 0.500. The number of amides is 1. The Kier molecular flexibility index (Phi) is 8.94.